The molecule has 3 rings (SSSR count). The van der Waals surface area contributed by atoms with Crippen molar-refractivity contribution in [1.82, 2.24) is 9.80 Å². The number of aliphatic hydroxyl groups excluding tert-OH is 1. The number of hydrogen-bond acceptors (Lipinski definition) is 3. The third kappa shape index (κ3) is 4.37. The molecule has 27 heavy (non-hydrogen) atoms. The fourth-order valence-electron chi connectivity index (χ4n) is 3.89. The van der Waals surface area contributed by atoms with Gasteiger partial charge in [0.2, 0.25) is 0 Å². The molecular weight excluding hydrogens is 343 g/mol. The van der Waals surface area contributed by atoms with Crippen LogP contribution in [0.3, 0.4) is 0 Å². The lowest BCUT2D eigenvalue weighted by Gasteiger charge is -2.42. The Hall–Kier alpha value is -2.24. The average Bonchev–Trinajstić information content (AvgIpc) is 2.68. The van der Waals surface area contributed by atoms with E-state index >= 15 is 0 Å². The standard InChI is InChI=1S/C22H27FN2O2/c1-24(2)15-22(16-26)11-13-25(14-12-22)21(27)18-9-7-17(8-10-18)19-5-3-4-6-20(19)23/h3-10,26H,11-16H2,1-2H3. The van der Waals surface area contributed by atoms with E-state index in [1.807, 2.05) is 19.0 Å². The molecule has 1 aliphatic rings. The van der Waals surface area contributed by atoms with E-state index in [4.69, 9.17) is 0 Å². The highest BCUT2D eigenvalue weighted by atomic mass is 19.1. The van der Waals surface area contributed by atoms with Crippen LogP contribution in [-0.2, 0) is 0 Å². The van der Waals surface area contributed by atoms with E-state index in [2.05, 4.69) is 4.90 Å². The number of likely N-dealkylation sites (tertiary alicyclic amines) is 1. The number of aliphatic hydroxyl groups is 1. The van der Waals surface area contributed by atoms with Crippen LogP contribution in [-0.4, -0.2) is 61.2 Å². The van der Waals surface area contributed by atoms with Crippen molar-refractivity contribution >= 4 is 5.91 Å². The Bertz CT molecular complexity index is 781. The minimum atomic E-state index is -0.270. The fourth-order valence-corrected chi connectivity index (χ4v) is 3.89. The maximum absolute atomic E-state index is 13.9. The normalized spacial score (nSPS) is 16.6. The van der Waals surface area contributed by atoms with Gasteiger partial charge in [-0.2, -0.15) is 0 Å². The minimum Gasteiger partial charge on any atom is -0.396 e. The number of hydrogen-bond donors (Lipinski definition) is 1. The first-order chi connectivity index (χ1) is 12.9. The number of amides is 1. The van der Waals surface area contributed by atoms with Gasteiger partial charge >= 0.3 is 0 Å². The van der Waals surface area contributed by atoms with E-state index in [0.29, 0.717) is 24.2 Å². The molecular formula is C22H27FN2O2. The topological polar surface area (TPSA) is 43.8 Å². The molecule has 1 aliphatic heterocycles. The molecule has 1 N–H and O–H groups in total. The van der Waals surface area contributed by atoms with Gasteiger partial charge in [-0.3, -0.25) is 4.79 Å². The molecule has 2 aromatic carbocycles. The summed E-state index contributed by atoms with van der Waals surface area (Å²) in [5, 5.41) is 9.83. The maximum atomic E-state index is 13.9. The number of carbonyl (C=O) groups excluding carboxylic acids is 1. The van der Waals surface area contributed by atoms with Crippen molar-refractivity contribution in [3.8, 4) is 11.1 Å². The van der Waals surface area contributed by atoms with Gasteiger partial charge in [0.1, 0.15) is 5.82 Å². The second kappa shape index (κ2) is 8.19. The molecule has 0 saturated carbocycles. The summed E-state index contributed by atoms with van der Waals surface area (Å²) in [7, 11) is 4.01. The summed E-state index contributed by atoms with van der Waals surface area (Å²) in [6, 6.07) is 13.7. The van der Waals surface area contributed by atoms with Crippen LogP contribution in [0.4, 0.5) is 4.39 Å². The third-order valence-electron chi connectivity index (χ3n) is 5.42. The van der Waals surface area contributed by atoms with E-state index in [-0.39, 0.29) is 23.7 Å². The van der Waals surface area contributed by atoms with Gasteiger partial charge in [-0.15, -0.1) is 0 Å². The first kappa shape index (κ1) is 19.5. The number of rotatable bonds is 5. The van der Waals surface area contributed by atoms with Gasteiger partial charge in [-0.1, -0.05) is 30.3 Å². The van der Waals surface area contributed by atoms with Crippen molar-refractivity contribution in [3.05, 3.63) is 59.9 Å². The van der Waals surface area contributed by atoms with Crippen molar-refractivity contribution < 1.29 is 14.3 Å². The van der Waals surface area contributed by atoms with E-state index in [9.17, 15) is 14.3 Å². The van der Waals surface area contributed by atoms with Gasteiger partial charge in [0, 0.05) is 36.2 Å². The second-order valence-corrected chi connectivity index (χ2v) is 7.75. The summed E-state index contributed by atoms with van der Waals surface area (Å²) in [4.78, 5) is 16.8. The predicted molar refractivity (Wildman–Crippen MR) is 105 cm³/mol. The zero-order chi connectivity index (χ0) is 19.4. The largest absolute Gasteiger partial charge is 0.396 e. The number of nitrogens with zero attached hydrogens (tertiary/aromatic N) is 2. The number of halogens is 1. The van der Waals surface area contributed by atoms with E-state index in [0.717, 1.165) is 24.9 Å². The Morgan fingerprint density at radius 2 is 1.74 bits per heavy atom. The third-order valence-corrected chi connectivity index (χ3v) is 5.42. The molecule has 4 nitrogen and oxygen atoms in total. The van der Waals surface area contributed by atoms with Crippen molar-refractivity contribution in [1.29, 1.82) is 0 Å². The van der Waals surface area contributed by atoms with Crippen molar-refractivity contribution in [2.45, 2.75) is 12.8 Å². The fraction of sp³-hybridized carbons (Fsp3) is 0.409. The van der Waals surface area contributed by atoms with Gasteiger partial charge in [-0.25, -0.2) is 4.39 Å². The summed E-state index contributed by atoms with van der Waals surface area (Å²) in [5.74, 6) is -0.277. The molecule has 0 bridgehead atoms. The molecule has 2 aromatic rings. The first-order valence-electron chi connectivity index (χ1n) is 9.34. The summed E-state index contributed by atoms with van der Waals surface area (Å²) in [6.45, 7) is 2.25. The summed E-state index contributed by atoms with van der Waals surface area (Å²) in [5.41, 5.74) is 1.77. The smallest absolute Gasteiger partial charge is 0.253 e. The molecule has 1 fully saturated rings. The van der Waals surface area contributed by atoms with Crippen molar-refractivity contribution in [2.24, 2.45) is 5.41 Å². The average molecular weight is 370 g/mol. The van der Waals surface area contributed by atoms with Crippen LogP contribution in [0.25, 0.3) is 11.1 Å². The van der Waals surface area contributed by atoms with E-state index in [1.165, 1.54) is 6.07 Å². The monoisotopic (exact) mass is 370 g/mol. The lowest BCUT2D eigenvalue weighted by molar-refractivity contribution is 0.0222. The summed E-state index contributed by atoms with van der Waals surface area (Å²) < 4.78 is 13.9. The Morgan fingerprint density at radius 1 is 1.11 bits per heavy atom. The lowest BCUT2D eigenvalue weighted by atomic mass is 9.78. The zero-order valence-corrected chi connectivity index (χ0v) is 16.0. The SMILES string of the molecule is CN(C)CC1(CO)CCN(C(=O)c2ccc(-c3ccccc3F)cc2)CC1. The minimum absolute atomic E-state index is 0.00789. The first-order valence-corrected chi connectivity index (χ1v) is 9.34. The van der Waals surface area contributed by atoms with Crippen LogP contribution >= 0.6 is 0 Å². The molecule has 0 radical (unpaired) electrons. The van der Waals surface area contributed by atoms with Crippen LogP contribution in [0.15, 0.2) is 48.5 Å². The van der Waals surface area contributed by atoms with Crippen LogP contribution < -0.4 is 0 Å². The molecule has 0 spiro atoms. The van der Waals surface area contributed by atoms with Gasteiger partial charge in [0.25, 0.3) is 5.91 Å². The van der Waals surface area contributed by atoms with Crippen LogP contribution in [0, 0.1) is 11.2 Å². The van der Waals surface area contributed by atoms with Gasteiger partial charge in [-0.05, 0) is 50.7 Å². The molecule has 1 amide bonds. The van der Waals surface area contributed by atoms with Gasteiger partial charge < -0.3 is 14.9 Å². The molecule has 0 unspecified atom stereocenters. The molecule has 0 aliphatic carbocycles. The Kier molecular flexibility index (Phi) is 5.92. The number of benzene rings is 2. The summed E-state index contributed by atoms with van der Waals surface area (Å²) in [6.07, 6.45) is 1.58. The molecule has 1 saturated heterocycles. The highest BCUT2D eigenvalue weighted by Gasteiger charge is 2.36. The highest BCUT2D eigenvalue weighted by Crippen LogP contribution is 2.32. The molecule has 0 aromatic heterocycles. The van der Waals surface area contributed by atoms with Crippen molar-refractivity contribution in [2.75, 3.05) is 40.3 Å². The molecule has 1 heterocycles. The molecule has 5 heteroatoms. The van der Waals surface area contributed by atoms with Crippen LogP contribution in [0.5, 0.6) is 0 Å². The molecule has 0 atom stereocenters. The second-order valence-electron chi connectivity index (χ2n) is 7.75. The zero-order valence-electron chi connectivity index (χ0n) is 16.0. The van der Waals surface area contributed by atoms with Crippen LogP contribution in [0.2, 0.25) is 0 Å². The maximum Gasteiger partial charge on any atom is 0.253 e. The van der Waals surface area contributed by atoms with Crippen molar-refractivity contribution in [3.63, 3.8) is 0 Å². The Morgan fingerprint density at radius 3 is 2.30 bits per heavy atom. The summed E-state index contributed by atoms with van der Waals surface area (Å²) >= 11 is 0. The van der Waals surface area contributed by atoms with Crippen LogP contribution in [0.1, 0.15) is 23.2 Å². The lowest BCUT2D eigenvalue weighted by Crippen LogP contribution is -2.48. The van der Waals surface area contributed by atoms with Gasteiger partial charge in [0.05, 0.1) is 6.61 Å². The predicted octanol–water partition coefficient (Wildman–Crippen LogP) is 3.27. The van der Waals surface area contributed by atoms with E-state index < -0.39 is 0 Å². The quantitative estimate of drug-likeness (QED) is 0.879. The van der Waals surface area contributed by atoms with Gasteiger partial charge in [0.15, 0.2) is 0 Å². The highest BCUT2D eigenvalue weighted by molar-refractivity contribution is 5.94. The molecule has 144 valence electrons. The Balaban J connectivity index is 1.68. The number of carbonyl (C=O) groups is 1. The number of piperidine rings is 1. The Labute approximate surface area is 160 Å². The van der Waals surface area contributed by atoms with E-state index in [1.54, 1.807) is 42.5 Å².